The average molecular weight is 277 g/mol. The molecule has 1 aromatic heterocycles. The lowest BCUT2D eigenvalue weighted by Gasteiger charge is -2.13. The highest BCUT2D eigenvalue weighted by molar-refractivity contribution is 7.99. The van der Waals surface area contributed by atoms with E-state index < -0.39 is 0 Å². The van der Waals surface area contributed by atoms with Crippen molar-refractivity contribution < 1.29 is 4.79 Å². The summed E-state index contributed by atoms with van der Waals surface area (Å²) >= 11 is 1.44. The van der Waals surface area contributed by atoms with Crippen molar-refractivity contribution in [2.24, 2.45) is 0 Å². The van der Waals surface area contributed by atoms with Crippen molar-refractivity contribution in [3.63, 3.8) is 0 Å². The summed E-state index contributed by atoms with van der Waals surface area (Å²) in [5, 5.41) is 3.81. The molecule has 5 heteroatoms. The molecule has 19 heavy (non-hydrogen) atoms. The number of benzene rings is 1. The molecule has 0 bridgehead atoms. The number of fused-ring (bicyclic) bond motifs is 1. The molecule has 0 aliphatic rings. The molecule has 2 rings (SSSR count). The minimum Gasteiger partial charge on any atom is -0.353 e. The van der Waals surface area contributed by atoms with Crippen molar-refractivity contribution in [3.8, 4) is 0 Å². The Morgan fingerprint density at radius 3 is 2.79 bits per heavy atom. The predicted molar refractivity (Wildman–Crippen MR) is 79.3 cm³/mol. The normalized spacial score (nSPS) is 11.1. The summed E-state index contributed by atoms with van der Waals surface area (Å²) in [4.78, 5) is 19.4. The van der Waals surface area contributed by atoms with Gasteiger partial charge in [-0.05, 0) is 25.0 Å². The summed E-state index contributed by atoms with van der Waals surface area (Å²) in [7, 11) is 0. The first-order chi connectivity index (χ1) is 9.22. The van der Waals surface area contributed by atoms with E-state index >= 15 is 0 Å². The molecule has 0 unspecified atom stereocenters. The van der Waals surface area contributed by atoms with E-state index in [1.54, 1.807) is 0 Å². The fourth-order valence-corrected chi connectivity index (χ4v) is 2.59. The summed E-state index contributed by atoms with van der Waals surface area (Å²) < 4.78 is 0. The van der Waals surface area contributed by atoms with Gasteiger partial charge in [-0.15, -0.1) is 0 Å². The SMILES string of the molecule is CCC(CC)NC(=O)CSc1nc2ccccc2[nH]1. The number of thioether (sulfide) groups is 1. The zero-order valence-electron chi connectivity index (χ0n) is 11.3. The maximum absolute atomic E-state index is 11.8. The molecule has 0 spiro atoms. The lowest BCUT2D eigenvalue weighted by molar-refractivity contribution is -0.119. The van der Waals surface area contributed by atoms with Gasteiger partial charge >= 0.3 is 0 Å². The highest BCUT2D eigenvalue weighted by Crippen LogP contribution is 2.18. The van der Waals surface area contributed by atoms with Crippen LogP contribution in [-0.4, -0.2) is 27.7 Å². The number of imidazole rings is 1. The molecule has 0 saturated carbocycles. The highest BCUT2D eigenvalue weighted by atomic mass is 32.2. The van der Waals surface area contributed by atoms with E-state index in [0.29, 0.717) is 5.75 Å². The molecule has 0 radical (unpaired) electrons. The van der Waals surface area contributed by atoms with Gasteiger partial charge in [0.25, 0.3) is 0 Å². The maximum atomic E-state index is 11.8. The number of H-pyrrole nitrogens is 1. The Labute approximate surface area is 117 Å². The van der Waals surface area contributed by atoms with Gasteiger partial charge in [0.05, 0.1) is 16.8 Å². The highest BCUT2D eigenvalue weighted by Gasteiger charge is 2.10. The lowest BCUT2D eigenvalue weighted by atomic mass is 10.2. The second kappa shape index (κ2) is 6.61. The van der Waals surface area contributed by atoms with Crippen LogP contribution in [0.25, 0.3) is 11.0 Å². The minimum absolute atomic E-state index is 0.0687. The van der Waals surface area contributed by atoms with Crippen LogP contribution in [0.15, 0.2) is 29.4 Å². The Hall–Kier alpha value is -1.49. The number of aromatic amines is 1. The van der Waals surface area contributed by atoms with Gasteiger partial charge in [0.2, 0.25) is 5.91 Å². The largest absolute Gasteiger partial charge is 0.353 e. The lowest BCUT2D eigenvalue weighted by Crippen LogP contribution is -2.35. The van der Waals surface area contributed by atoms with Crippen molar-refractivity contribution in [1.82, 2.24) is 15.3 Å². The van der Waals surface area contributed by atoms with E-state index in [1.807, 2.05) is 24.3 Å². The van der Waals surface area contributed by atoms with Crippen molar-refractivity contribution in [2.45, 2.75) is 37.9 Å². The quantitative estimate of drug-likeness (QED) is 0.798. The van der Waals surface area contributed by atoms with Crippen LogP contribution in [0.1, 0.15) is 26.7 Å². The number of carbonyl (C=O) groups is 1. The molecular formula is C14H19N3OS. The second-order valence-corrected chi connectivity index (χ2v) is 5.39. The number of carbonyl (C=O) groups excluding carboxylic acids is 1. The Morgan fingerprint density at radius 1 is 1.37 bits per heavy atom. The molecule has 1 amide bonds. The Balaban J connectivity index is 1.89. The minimum atomic E-state index is 0.0687. The zero-order chi connectivity index (χ0) is 13.7. The van der Waals surface area contributed by atoms with Gasteiger partial charge in [-0.2, -0.15) is 0 Å². The molecule has 102 valence electrons. The van der Waals surface area contributed by atoms with Crippen molar-refractivity contribution >= 4 is 28.7 Å². The molecule has 1 aromatic carbocycles. The van der Waals surface area contributed by atoms with Gasteiger partial charge in [-0.25, -0.2) is 4.98 Å². The maximum Gasteiger partial charge on any atom is 0.230 e. The third kappa shape index (κ3) is 3.73. The van der Waals surface area contributed by atoms with Gasteiger partial charge in [0.1, 0.15) is 0 Å². The fourth-order valence-electron chi connectivity index (χ4n) is 1.89. The van der Waals surface area contributed by atoms with Gasteiger partial charge in [0, 0.05) is 6.04 Å². The molecule has 2 N–H and O–H groups in total. The summed E-state index contributed by atoms with van der Waals surface area (Å²) in [5.74, 6) is 0.468. The molecule has 0 saturated heterocycles. The summed E-state index contributed by atoms with van der Waals surface area (Å²) in [5.41, 5.74) is 1.94. The van der Waals surface area contributed by atoms with Gasteiger partial charge < -0.3 is 10.3 Å². The molecule has 0 fully saturated rings. The summed E-state index contributed by atoms with van der Waals surface area (Å²) in [6, 6.07) is 8.15. The number of hydrogen-bond acceptors (Lipinski definition) is 3. The molecule has 4 nitrogen and oxygen atoms in total. The van der Waals surface area contributed by atoms with Crippen LogP contribution in [0, 0.1) is 0 Å². The molecule has 1 heterocycles. The van der Waals surface area contributed by atoms with Crippen molar-refractivity contribution in [3.05, 3.63) is 24.3 Å². The third-order valence-electron chi connectivity index (χ3n) is 3.06. The molecule has 0 aliphatic carbocycles. The topological polar surface area (TPSA) is 57.8 Å². The standard InChI is InChI=1S/C14H19N3OS/c1-3-10(4-2)15-13(18)9-19-14-16-11-7-5-6-8-12(11)17-14/h5-8,10H,3-4,9H2,1-2H3,(H,15,18)(H,16,17). The number of rotatable bonds is 6. The average Bonchev–Trinajstić information content (AvgIpc) is 2.85. The van der Waals surface area contributed by atoms with E-state index in [4.69, 9.17) is 0 Å². The van der Waals surface area contributed by atoms with Crippen LogP contribution in [0.3, 0.4) is 0 Å². The van der Waals surface area contributed by atoms with E-state index in [1.165, 1.54) is 11.8 Å². The first-order valence-electron chi connectivity index (χ1n) is 6.59. The molecular weight excluding hydrogens is 258 g/mol. The first kappa shape index (κ1) is 13.9. The predicted octanol–water partition coefficient (Wildman–Crippen LogP) is 2.96. The monoisotopic (exact) mass is 277 g/mol. The van der Waals surface area contributed by atoms with Crippen LogP contribution in [-0.2, 0) is 4.79 Å². The smallest absolute Gasteiger partial charge is 0.230 e. The van der Waals surface area contributed by atoms with Crippen LogP contribution in [0.5, 0.6) is 0 Å². The van der Waals surface area contributed by atoms with Gasteiger partial charge in [-0.1, -0.05) is 37.7 Å². The van der Waals surface area contributed by atoms with Crippen LogP contribution in [0.2, 0.25) is 0 Å². The first-order valence-corrected chi connectivity index (χ1v) is 7.58. The number of para-hydroxylation sites is 2. The molecule has 0 aliphatic heterocycles. The van der Waals surface area contributed by atoms with E-state index in [0.717, 1.165) is 29.0 Å². The Kier molecular flexibility index (Phi) is 4.85. The number of amides is 1. The Bertz CT molecular complexity index is 515. The van der Waals surface area contributed by atoms with Gasteiger partial charge in [-0.3, -0.25) is 4.79 Å². The van der Waals surface area contributed by atoms with Gasteiger partial charge in [0.15, 0.2) is 5.16 Å². The third-order valence-corrected chi connectivity index (χ3v) is 3.93. The number of nitrogens with zero attached hydrogens (tertiary/aromatic N) is 1. The number of hydrogen-bond donors (Lipinski definition) is 2. The van der Waals surface area contributed by atoms with Crippen LogP contribution >= 0.6 is 11.8 Å². The van der Waals surface area contributed by atoms with E-state index in [2.05, 4.69) is 29.1 Å². The summed E-state index contributed by atoms with van der Waals surface area (Å²) in [6.07, 6.45) is 1.94. The second-order valence-electron chi connectivity index (χ2n) is 4.43. The number of nitrogens with one attached hydrogen (secondary N) is 2. The van der Waals surface area contributed by atoms with Crippen molar-refractivity contribution in [2.75, 3.05) is 5.75 Å². The van der Waals surface area contributed by atoms with Crippen molar-refractivity contribution in [1.29, 1.82) is 0 Å². The number of aromatic nitrogens is 2. The fraction of sp³-hybridized carbons (Fsp3) is 0.429. The zero-order valence-corrected chi connectivity index (χ0v) is 12.1. The molecule has 0 atom stereocenters. The Morgan fingerprint density at radius 2 is 2.11 bits per heavy atom. The molecule has 2 aromatic rings. The van der Waals surface area contributed by atoms with E-state index in [9.17, 15) is 4.79 Å². The van der Waals surface area contributed by atoms with Crippen LogP contribution < -0.4 is 5.32 Å². The van der Waals surface area contributed by atoms with Crippen LogP contribution in [0.4, 0.5) is 0 Å². The summed E-state index contributed by atoms with van der Waals surface area (Å²) in [6.45, 7) is 4.17. The van der Waals surface area contributed by atoms with E-state index in [-0.39, 0.29) is 11.9 Å².